The van der Waals surface area contributed by atoms with Gasteiger partial charge in [-0.2, -0.15) is 10.2 Å². The molecule has 0 spiro atoms. The number of hydrogen-bond donors (Lipinski definition) is 0. The quantitative estimate of drug-likeness (QED) is 0.622. The topological polar surface area (TPSA) is 52.1 Å². The highest BCUT2D eigenvalue weighted by Gasteiger charge is 2.15. The van der Waals surface area contributed by atoms with Crippen molar-refractivity contribution >= 4 is 6.29 Å². The molecule has 3 aromatic rings. The molecule has 0 fully saturated rings. The molecule has 1 heterocycles. The van der Waals surface area contributed by atoms with E-state index in [9.17, 15) is 4.79 Å². The number of aldehydes is 1. The minimum absolute atomic E-state index is 0.221. The maximum atomic E-state index is 11.0. The summed E-state index contributed by atoms with van der Waals surface area (Å²) in [5, 5.41) is 8.14. The van der Waals surface area contributed by atoms with E-state index in [-0.39, 0.29) is 6.10 Å². The number of carbonyl (C=O) groups is 1. The normalized spacial score (nSPS) is 11.8. The molecular formula is C20H18N2O2. The maximum Gasteiger partial charge on any atom is 0.150 e. The van der Waals surface area contributed by atoms with Crippen LogP contribution in [0.15, 0.2) is 72.9 Å². The molecule has 3 rings (SSSR count). The van der Waals surface area contributed by atoms with Crippen molar-refractivity contribution in [2.45, 2.75) is 19.1 Å². The van der Waals surface area contributed by atoms with Gasteiger partial charge in [0.15, 0.2) is 0 Å². The highest BCUT2D eigenvalue weighted by molar-refractivity contribution is 5.74. The Morgan fingerprint density at radius 1 is 0.958 bits per heavy atom. The first kappa shape index (κ1) is 16.0. The van der Waals surface area contributed by atoms with Gasteiger partial charge in [-0.05, 0) is 29.3 Å². The van der Waals surface area contributed by atoms with Crippen LogP contribution in [-0.2, 0) is 17.8 Å². The summed E-state index contributed by atoms with van der Waals surface area (Å²) >= 11 is 0. The molecule has 4 heteroatoms. The van der Waals surface area contributed by atoms with Crippen molar-refractivity contribution in [3.63, 3.8) is 0 Å². The predicted molar refractivity (Wildman–Crippen MR) is 91.5 cm³/mol. The average Bonchev–Trinajstić information content (AvgIpc) is 2.67. The molecule has 1 unspecified atom stereocenters. The summed E-state index contributed by atoms with van der Waals surface area (Å²) < 4.78 is 6.10. The Hall–Kier alpha value is -2.85. The van der Waals surface area contributed by atoms with Crippen LogP contribution >= 0.6 is 0 Å². The van der Waals surface area contributed by atoms with Gasteiger partial charge in [0, 0.05) is 18.2 Å². The van der Waals surface area contributed by atoms with Crippen molar-refractivity contribution in [3.8, 4) is 0 Å². The van der Waals surface area contributed by atoms with Crippen LogP contribution in [0.25, 0.3) is 0 Å². The van der Waals surface area contributed by atoms with Gasteiger partial charge in [0.05, 0.1) is 12.3 Å². The summed E-state index contributed by atoms with van der Waals surface area (Å²) in [4.78, 5) is 11.0. The van der Waals surface area contributed by atoms with Crippen molar-refractivity contribution in [1.82, 2.24) is 10.2 Å². The number of aromatic nitrogens is 2. The third-order valence-corrected chi connectivity index (χ3v) is 3.73. The second-order valence-electron chi connectivity index (χ2n) is 5.50. The predicted octanol–water partition coefficient (Wildman–Crippen LogP) is 3.79. The van der Waals surface area contributed by atoms with Crippen LogP contribution < -0.4 is 0 Å². The van der Waals surface area contributed by atoms with Crippen LogP contribution in [0.3, 0.4) is 0 Å². The van der Waals surface area contributed by atoms with Gasteiger partial charge in [-0.15, -0.1) is 0 Å². The van der Waals surface area contributed by atoms with Crippen molar-refractivity contribution in [1.29, 1.82) is 0 Å². The smallest absolute Gasteiger partial charge is 0.150 e. The van der Waals surface area contributed by atoms with Crippen LogP contribution in [0.2, 0.25) is 0 Å². The van der Waals surface area contributed by atoms with Gasteiger partial charge >= 0.3 is 0 Å². The molecule has 1 aromatic heterocycles. The van der Waals surface area contributed by atoms with Crippen molar-refractivity contribution in [3.05, 3.63) is 95.3 Å². The van der Waals surface area contributed by atoms with Crippen molar-refractivity contribution in [2.24, 2.45) is 0 Å². The third-order valence-electron chi connectivity index (χ3n) is 3.73. The second-order valence-corrected chi connectivity index (χ2v) is 5.50. The van der Waals surface area contributed by atoms with Crippen molar-refractivity contribution in [2.75, 3.05) is 0 Å². The van der Waals surface area contributed by atoms with E-state index >= 15 is 0 Å². The zero-order valence-electron chi connectivity index (χ0n) is 13.2. The van der Waals surface area contributed by atoms with E-state index in [1.165, 1.54) is 0 Å². The minimum atomic E-state index is -0.221. The summed E-state index contributed by atoms with van der Waals surface area (Å²) in [5.74, 6) is 0. The van der Waals surface area contributed by atoms with Gasteiger partial charge in [-0.1, -0.05) is 48.5 Å². The molecule has 1 atom stereocenters. The van der Waals surface area contributed by atoms with Gasteiger partial charge in [0.2, 0.25) is 0 Å². The summed E-state index contributed by atoms with van der Waals surface area (Å²) in [6.45, 7) is 0.495. The van der Waals surface area contributed by atoms with Crippen LogP contribution in [0.4, 0.5) is 0 Å². The van der Waals surface area contributed by atoms with Crippen LogP contribution in [0.1, 0.15) is 33.3 Å². The largest absolute Gasteiger partial charge is 0.367 e. The fraction of sp³-hybridized carbons (Fsp3) is 0.150. The summed E-state index contributed by atoms with van der Waals surface area (Å²) in [6.07, 6.45) is 2.91. The first-order chi connectivity index (χ1) is 11.8. The van der Waals surface area contributed by atoms with Gasteiger partial charge in [-0.25, -0.2) is 0 Å². The molecule has 2 aromatic carbocycles. The molecule has 0 bridgehead atoms. The molecule has 0 N–H and O–H groups in total. The Bertz CT molecular complexity index is 776. The molecule has 0 aliphatic carbocycles. The maximum absolute atomic E-state index is 11.0. The van der Waals surface area contributed by atoms with Gasteiger partial charge < -0.3 is 4.74 Å². The zero-order valence-corrected chi connectivity index (χ0v) is 13.2. The van der Waals surface area contributed by atoms with E-state index in [4.69, 9.17) is 4.74 Å². The lowest BCUT2D eigenvalue weighted by molar-refractivity contribution is 0.0365. The SMILES string of the molecule is O=Cc1cccc(CC(OCc2ccccc2)c2cccnn2)c1. The Kier molecular flexibility index (Phi) is 5.43. The molecule has 0 aliphatic heterocycles. The molecule has 0 amide bonds. The lowest BCUT2D eigenvalue weighted by Crippen LogP contribution is -2.10. The van der Waals surface area contributed by atoms with E-state index in [1.807, 2.05) is 60.7 Å². The van der Waals surface area contributed by atoms with E-state index in [0.29, 0.717) is 18.6 Å². The Morgan fingerprint density at radius 3 is 2.54 bits per heavy atom. The second kappa shape index (κ2) is 8.13. The summed E-state index contributed by atoms with van der Waals surface area (Å²) in [7, 11) is 0. The molecule has 0 aliphatic rings. The number of carbonyl (C=O) groups excluding carboxylic acids is 1. The molecule has 0 radical (unpaired) electrons. The highest BCUT2D eigenvalue weighted by atomic mass is 16.5. The Morgan fingerprint density at radius 2 is 1.79 bits per heavy atom. The Balaban J connectivity index is 1.78. The molecule has 4 nitrogen and oxygen atoms in total. The number of nitrogens with zero attached hydrogens (tertiary/aromatic N) is 2. The number of benzene rings is 2. The van der Waals surface area contributed by atoms with E-state index in [0.717, 1.165) is 23.1 Å². The molecule has 0 saturated heterocycles. The lowest BCUT2D eigenvalue weighted by Gasteiger charge is -2.17. The number of ether oxygens (including phenoxy) is 1. The molecule has 0 saturated carbocycles. The fourth-order valence-electron chi connectivity index (χ4n) is 2.51. The van der Waals surface area contributed by atoms with Gasteiger partial charge in [0.1, 0.15) is 12.4 Å². The van der Waals surface area contributed by atoms with E-state index < -0.39 is 0 Å². The van der Waals surface area contributed by atoms with E-state index in [2.05, 4.69) is 10.2 Å². The van der Waals surface area contributed by atoms with Crippen molar-refractivity contribution < 1.29 is 9.53 Å². The summed E-state index contributed by atoms with van der Waals surface area (Å²) in [6, 6.07) is 21.3. The molecule has 24 heavy (non-hydrogen) atoms. The summed E-state index contributed by atoms with van der Waals surface area (Å²) in [5.41, 5.74) is 3.58. The lowest BCUT2D eigenvalue weighted by atomic mass is 10.0. The van der Waals surface area contributed by atoms with Crippen LogP contribution in [0, 0.1) is 0 Å². The monoisotopic (exact) mass is 318 g/mol. The molecule has 120 valence electrons. The average molecular weight is 318 g/mol. The van der Waals surface area contributed by atoms with Crippen LogP contribution in [-0.4, -0.2) is 16.5 Å². The fourth-order valence-corrected chi connectivity index (χ4v) is 2.51. The molecular weight excluding hydrogens is 300 g/mol. The zero-order chi connectivity index (χ0) is 16.6. The van der Waals surface area contributed by atoms with Gasteiger partial charge in [-0.3, -0.25) is 4.79 Å². The first-order valence-electron chi connectivity index (χ1n) is 7.82. The highest BCUT2D eigenvalue weighted by Crippen LogP contribution is 2.22. The Labute approximate surface area is 141 Å². The van der Waals surface area contributed by atoms with E-state index in [1.54, 1.807) is 12.3 Å². The van der Waals surface area contributed by atoms with Crippen LogP contribution in [0.5, 0.6) is 0 Å². The number of hydrogen-bond acceptors (Lipinski definition) is 4. The number of rotatable bonds is 7. The third kappa shape index (κ3) is 4.33. The standard InChI is InChI=1S/C20H18N2O2/c23-14-18-9-4-8-17(12-18)13-20(19-10-5-11-21-22-19)24-15-16-6-2-1-3-7-16/h1-12,14,20H,13,15H2. The van der Waals surface area contributed by atoms with Gasteiger partial charge in [0.25, 0.3) is 0 Å². The first-order valence-corrected chi connectivity index (χ1v) is 7.82. The minimum Gasteiger partial charge on any atom is -0.367 e.